The Labute approximate surface area is 273 Å². The summed E-state index contributed by atoms with van der Waals surface area (Å²) in [6.45, 7) is 3.36. The molecule has 46 heavy (non-hydrogen) atoms. The number of carbonyl (C=O) groups excluding carboxylic acids is 4. The Morgan fingerprint density at radius 3 is 2.48 bits per heavy atom. The number of rotatable bonds is 5. The summed E-state index contributed by atoms with van der Waals surface area (Å²) >= 11 is 6.62. The molecule has 3 amide bonds. The summed E-state index contributed by atoms with van der Waals surface area (Å²) in [7, 11) is 0. The molecule has 6 rings (SSSR count). The van der Waals surface area contributed by atoms with Gasteiger partial charge in [-0.15, -0.1) is 0 Å². The van der Waals surface area contributed by atoms with Crippen molar-refractivity contribution in [2.24, 2.45) is 17.8 Å². The van der Waals surface area contributed by atoms with Crippen LogP contribution >= 0.6 is 11.6 Å². The zero-order chi connectivity index (χ0) is 32.6. The third-order valence-electron chi connectivity index (χ3n) is 9.47. The molecule has 0 radical (unpaired) electrons. The van der Waals surface area contributed by atoms with Crippen LogP contribution in [0, 0.1) is 17.8 Å². The van der Waals surface area contributed by atoms with E-state index in [4.69, 9.17) is 21.1 Å². The lowest BCUT2D eigenvalue weighted by atomic mass is 9.74. The monoisotopic (exact) mass is 647 g/mol. The van der Waals surface area contributed by atoms with E-state index in [0.29, 0.717) is 17.1 Å². The molecule has 0 unspecified atom stereocenters. The number of cyclic esters (lactones) is 1. The van der Waals surface area contributed by atoms with E-state index in [9.17, 15) is 24.3 Å². The van der Waals surface area contributed by atoms with Gasteiger partial charge in [-0.05, 0) is 30.0 Å². The number of ether oxygens (including phenoxy) is 2. The lowest BCUT2D eigenvalue weighted by Crippen LogP contribution is -2.59. The number of halogens is 1. The molecule has 11 heteroatoms. The van der Waals surface area contributed by atoms with Crippen molar-refractivity contribution in [3.8, 4) is 0 Å². The maximum atomic E-state index is 14.9. The lowest BCUT2D eigenvalue weighted by Gasteiger charge is -2.40. The van der Waals surface area contributed by atoms with Crippen LogP contribution in [0.4, 0.5) is 5.69 Å². The predicted octanol–water partition coefficient (Wildman–Crippen LogP) is 3.59. The molecule has 0 aromatic heterocycles. The summed E-state index contributed by atoms with van der Waals surface area (Å²) in [5.74, 6) is -3.97. The number of nitrogens with zero attached hydrogens (tertiary/aromatic N) is 2. The molecule has 10 nitrogen and oxygen atoms in total. The molecule has 4 aliphatic heterocycles. The van der Waals surface area contributed by atoms with Crippen LogP contribution in [-0.2, 0) is 28.7 Å². The van der Waals surface area contributed by atoms with Gasteiger partial charge in [-0.25, -0.2) is 0 Å². The topological polar surface area (TPSA) is 125 Å². The molecule has 0 saturated carbocycles. The highest BCUT2D eigenvalue weighted by Gasteiger charge is 2.74. The SMILES string of the molecule is CC(C)[C@H](CO)N1C(=O)[C@H]2[C@@H]3C(=O)N[C@H](c4ccccc4)COC(=O)CC/C=C\CN(c4ccccc4Cl)C(=O)[C@H]1[C@@]21C=C[C@@H]3O1. The van der Waals surface area contributed by atoms with Crippen molar-refractivity contribution < 1.29 is 33.8 Å². The second-order valence-electron chi connectivity index (χ2n) is 12.5. The highest BCUT2D eigenvalue weighted by molar-refractivity contribution is 6.34. The van der Waals surface area contributed by atoms with Gasteiger partial charge in [0.25, 0.3) is 5.91 Å². The number of likely N-dealkylation sites (tertiary alicyclic amines) is 1. The number of allylic oxidation sites excluding steroid dienone is 1. The number of aliphatic hydroxyl groups excluding tert-OH is 1. The average molecular weight is 648 g/mol. The smallest absolute Gasteiger partial charge is 0.306 e. The molecule has 2 aromatic rings. The minimum Gasteiger partial charge on any atom is -0.463 e. The van der Waals surface area contributed by atoms with E-state index in [1.165, 1.54) is 9.80 Å². The van der Waals surface area contributed by atoms with Gasteiger partial charge < -0.3 is 29.7 Å². The van der Waals surface area contributed by atoms with Crippen molar-refractivity contribution in [1.29, 1.82) is 0 Å². The Balaban J connectivity index is 1.47. The number of hydrogen-bond donors (Lipinski definition) is 2. The van der Waals surface area contributed by atoms with E-state index in [1.807, 2.05) is 44.2 Å². The minimum absolute atomic E-state index is 0.0928. The van der Waals surface area contributed by atoms with Crippen molar-refractivity contribution in [3.63, 3.8) is 0 Å². The van der Waals surface area contributed by atoms with Gasteiger partial charge in [-0.2, -0.15) is 0 Å². The van der Waals surface area contributed by atoms with E-state index in [2.05, 4.69) is 5.32 Å². The molecule has 2 fully saturated rings. The van der Waals surface area contributed by atoms with Crippen LogP contribution in [0.3, 0.4) is 0 Å². The first-order chi connectivity index (χ1) is 22.2. The summed E-state index contributed by atoms with van der Waals surface area (Å²) in [4.78, 5) is 59.3. The quantitative estimate of drug-likeness (QED) is 0.375. The van der Waals surface area contributed by atoms with Crippen molar-refractivity contribution in [2.75, 3.05) is 24.7 Å². The lowest BCUT2D eigenvalue weighted by molar-refractivity contribution is -0.147. The van der Waals surface area contributed by atoms with Crippen LogP contribution in [0.25, 0.3) is 0 Å². The van der Waals surface area contributed by atoms with Crippen LogP contribution in [0.2, 0.25) is 5.02 Å². The minimum atomic E-state index is -1.45. The normalized spacial score (nSPS) is 31.2. The molecule has 242 valence electrons. The molecule has 1 spiro atoms. The third kappa shape index (κ3) is 5.52. The third-order valence-corrected chi connectivity index (χ3v) is 9.79. The Bertz CT molecular complexity index is 1560. The first-order valence-electron chi connectivity index (χ1n) is 15.7. The fraction of sp³-hybridized carbons (Fsp3) is 0.429. The number of anilines is 1. The number of nitrogens with one attached hydrogen (secondary N) is 1. The van der Waals surface area contributed by atoms with Crippen molar-refractivity contribution >= 4 is 41.0 Å². The van der Waals surface area contributed by atoms with E-state index in [-0.39, 0.29) is 32.1 Å². The van der Waals surface area contributed by atoms with Gasteiger partial charge in [0.15, 0.2) is 0 Å². The predicted molar refractivity (Wildman–Crippen MR) is 171 cm³/mol. The molecule has 7 atom stereocenters. The van der Waals surface area contributed by atoms with E-state index in [0.717, 1.165) is 5.56 Å². The second-order valence-corrected chi connectivity index (χ2v) is 12.9. The number of amides is 3. The maximum Gasteiger partial charge on any atom is 0.306 e. The maximum absolute atomic E-state index is 14.9. The van der Waals surface area contributed by atoms with Gasteiger partial charge in [0.1, 0.15) is 18.2 Å². The molecule has 2 saturated heterocycles. The molecule has 5 bridgehead atoms. The first kappa shape index (κ1) is 32.0. The van der Waals surface area contributed by atoms with E-state index >= 15 is 0 Å². The number of benzene rings is 2. The van der Waals surface area contributed by atoms with Gasteiger partial charge in [0, 0.05) is 13.0 Å². The Hall–Kier alpha value is -3.99. The highest BCUT2D eigenvalue weighted by atomic mass is 35.5. The van der Waals surface area contributed by atoms with Crippen LogP contribution < -0.4 is 10.2 Å². The number of aliphatic hydroxyl groups is 1. The molecular formula is C35H38ClN3O7. The number of fused-ring (bicyclic) bond motifs is 2. The van der Waals surface area contributed by atoms with Crippen molar-refractivity contribution in [1.82, 2.24) is 10.2 Å². The number of hydrogen-bond acceptors (Lipinski definition) is 7. The molecule has 2 aromatic carbocycles. The largest absolute Gasteiger partial charge is 0.463 e. The fourth-order valence-electron chi connectivity index (χ4n) is 7.21. The van der Waals surface area contributed by atoms with Gasteiger partial charge in [-0.3, -0.25) is 19.2 Å². The second kappa shape index (κ2) is 13.0. The summed E-state index contributed by atoms with van der Waals surface area (Å²) < 4.78 is 12.1. The van der Waals surface area contributed by atoms with Crippen LogP contribution in [0.5, 0.6) is 0 Å². The molecule has 2 N–H and O–H groups in total. The molecular weight excluding hydrogens is 610 g/mol. The van der Waals surface area contributed by atoms with E-state index in [1.54, 1.807) is 48.6 Å². The van der Waals surface area contributed by atoms with Crippen LogP contribution in [0.15, 0.2) is 78.9 Å². The van der Waals surface area contributed by atoms with E-state index < -0.39 is 65.4 Å². The molecule has 4 aliphatic rings. The van der Waals surface area contributed by atoms with Crippen molar-refractivity contribution in [3.05, 3.63) is 89.5 Å². The number of esters is 1. The number of carbonyl (C=O) groups is 4. The first-order valence-corrected chi connectivity index (χ1v) is 16.1. The van der Waals surface area contributed by atoms with Crippen LogP contribution in [0.1, 0.15) is 38.3 Å². The zero-order valence-electron chi connectivity index (χ0n) is 25.8. The molecule has 0 aliphatic carbocycles. The van der Waals surface area contributed by atoms with Gasteiger partial charge in [0.05, 0.1) is 47.3 Å². The fourth-order valence-corrected chi connectivity index (χ4v) is 7.45. The van der Waals surface area contributed by atoms with Gasteiger partial charge >= 0.3 is 5.97 Å². The van der Waals surface area contributed by atoms with Gasteiger partial charge in [-0.1, -0.05) is 92.2 Å². The Kier molecular flexibility index (Phi) is 9.05. The zero-order valence-corrected chi connectivity index (χ0v) is 26.5. The molecule has 4 heterocycles. The summed E-state index contributed by atoms with van der Waals surface area (Å²) in [5.41, 5.74) is -0.279. The Morgan fingerprint density at radius 1 is 1.02 bits per heavy atom. The summed E-state index contributed by atoms with van der Waals surface area (Å²) in [6, 6.07) is 13.5. The number of para-hydroxylation sites is 1. The highest BCUT2D eigenvalue weighted by Crippen LogP contribution is 2.56. The summed E-state index contributed by atoms with van der Waals surface area (Å²) in [5, 5.41) is 13.9. The summed E-state index contributed by atoms with van der Waals surface area (Å²) in [6.07, 6.45) is 6.77. The standard InChI is InChI=1S/C35H38ClN3O7/c1-21(2)26(19-40)39-31-34(44)38(25-14-9-8-13-23(25)36)18-10-4-7-15-28(41)45-20-24(22-11-5-3-6-12-22)37-32(42)29-27-16-17-35(31,46-27)30(29)33(39)43/h3-6,8-14,16-17,21,24,26-27,29-31,40H,7,15,18-20H2,1-2H3,(H,37,42)/b10-4-/t24-,26-,27-,29+,30+,31-,35+/m0/s1. The van der Waals surface area contributed by atoms with Crippen LogP contribution in [-0.4, -0.2) is 77.2 Å². The Morgan fingerprint density at radius 2 is 1.76 bits per heavy atom. The van der Waals surface area contributed by atoms with Gasteiger partial charge in [0.2, 0.25) is 11.8 Å². The van der Waals surface area contributed by atoms with Crippen molar-refractivity contribution in [2.45, 2.75) is 56.5 Å². The average Bonchev–Trinajstić information content (AvgIpc) is 3.69.